The van der Waals surface area contributed by atoms with Crippen LogP contribution in [0, 0.1) is 0 Å². The van der Waals surface area contributed by atoms with Gasteiger partial charge in [-0.2, -0.15) is 0 Å². The van der Waals surface area contributed by atoms with Crippen LogP contribution in [0.2, 0.25) is 0 Å². The number of hydrogen-bond donors (Lipinski definition) is 1. The van der Waals surface area contributed by atoms with Crippen LogP contribution in [0.5, 0.6) is 0 Å². The molecule has 0 saturated carbocycles. The second-order valence-electron chi connectivity index (χ2n) is 11.2. The predicted molar refractivity (Wildman–Crippen MR) is 152 cm³/mol. The normalized spacial score (nSPS) is 13.4. The smallest absolute Gasteiger partial charge is 0.247 e. The fourth-order valence-electron chi connectivity index (χ4n) is 5.60. The summed E-state index contributed by atoms with van der Waals surface area (Å²) in [5, 5.41) is 0. The minimum atomic E-state index is 0.623. The van der Waals surface area contributed by atoms with E-state index in [1.54, 1.807) is 0 Å². The van der Waals surface area contributed by atoms with E-state index in [9.17, 15) is 0 Å². The number of aromatic amines is 1. The van der Waals surface area contributed by atoms with Gasteiger partial charge in [-0.1, -0.05) is 143 Å². The molecule has 1 aromatic rings. The van der Waals surface area contributed by atoms with Crippen molar-refractivity contribution >= 4 is 0 Å². The van der Waals surface area contributed by atoms with E-state index in [2.05, 4.69) is 49.6 Å². The number of unbranched alkanes of at least 4 members (excludes halogenated alkanes) is 17. The lowest BCUT2D eigenvalue weighted by Crippen LogP contribution is -2.41. The van der Waals surface area contributed by atoms with Crippen LogP contribution < -0.4 is 4.57 Å². The summed E-state index contributed by atoms with van der Waals surface area (Å²) in [5.41, 5.74) is 0. The highest BCUT2D eigenvalue weighted by Crippen LogP contribution is 2.26. The van der Waals surface area contributed by atoms with Gasteiger partial charge in [0.15, 0.2) is 0 Å². The van der Waals surface area contributed by atoms with Gasteiger partial charge in [-0.25, -0.2) is 9.55 Å². The van der Waals surface area contributed by atoms with Gasteiger partial charge in [-0.3, -0.25) is 0 Å². The molecular weight excluding hydrogens is 412 g/mol. The summed E-state index contributed by atoms with van der Waals surface area (Å²) in [6.45, 7) is 9.40. The molecule has 0 amide bonds. The number of hydrogen-bond acceptors (Lipinski definition) is 0. The SMILES string of the molecule is CCCCCCCCCCCCC(C)[n+]1cc[nH]c1C(CCC)CCCCCCCCCCC. The van der Waals surface area contributed by atoms with E-state index >= 15 is 0 Å². The summed E-state index contributed by atoms with van der Waals surface area (Å²) in [5.74, 6) is 2.21. The van der Waals surface area contributed by atoms with E-state index in [4.69, 9.17) is 0 Å². The number of imidazole rings is 1. The zero-order valence-electron chi connectivity index (χ0n) is 24.0. The molecule has 2 unspecified atom stereocenters. The van der Waals surface area contributed by atoms with Gasteiger partial charge in [0, 0.05) is 0 Å². The number of aromatic nitrogens is 2. The maximum atomic E-state index is 3.65. The van der Waals surface area contributed by atoms with Crippen molar-refractivity contribution in [2.75, 3.05) is 0 Å². The van der Waals surface area contributed by atoms with Gasteiger partial charge in [-0.15, -0.1) is 0 Å². The first-order valence-corrected chi connectivity index (χ1v) is 15.8. The maximum Gasteiger partial charge on any atom is 0.257 e. The molecule has 0 aromatic carbocycles. The summed E-state index contributed by atoms with van der Waals surface area (Å²) in [6, 6.07) is 0.623. The van der Waals surface area contributed by atoms with E-state index in [0.717, 1.165) is 0 Å². The Morgan fingerprint density at radius 3 is 1.47 bits per heavy atom. The average molecular weight is 476 g/mol. The Balaban J connectivity index is 2.26. The van der Waals surface area contributed by atoms with Gasteiger partial charge in [-0.05, 0) is 32.6 Å². The lowest BCUT2D eigenvalue weighted by Gasteiger charge is -2.16. The van der Waals surface area contributed by atoms with Crippen LogP contribution in [0.3, 0.4) is 0 Å². The molecule has 200 valence electrons. The van der Waals surface area contributed by atoms with Crippen molar-refractivity contribution in [2.45, 2.75) is 187 Å². The molecule has 0 radical (unpaired) electrons. The first-order chi connectivity index (χ1) is 16.7. The molecule has 2 atom stereocenters. The lowest BCUT2D eigenvalue weighted by atomic mass is 9.94. The first-order valence-electron chi connectivity index (χ1n) is 15.8. The van der Waals surface area contributed by atoms with E-state index in [-0.39, 0.29) is 0 Å². The summed E-state index contributed by atoms with van der Waals surface area (Å²) in [4.78, 5) is 3.65. The maximum absolute atomic E-state index is 3.65. The molecule has 1 aromatic heterocycles. The van der Waals surface area contributed by atoms with Gasteiger partial charge >= 0.3 is 0 Å². The van der Waals surface area contributed by atoms with Crippen LogP contribution in [0.25, 0.3) is 0 Å². The second kappa shape index (κ2) is 22.7. The van der Waals surface area contributed by atoms with Crippen LogP contribution in [0.4, 0.5) is 0 Å². The third-order valence-corrected chi connectivity index (χ3v) is 7.87. The molecule has 1 heterocycles. The van der Waals surface area contributed by atoms with Crippen molar-refractivity contribution < 1.29 is 4.57 Å². The van der Waals surface area contributed by atoms with Crippen LogP contribution in [0.15, 0.2) is 12.4 Å². The zero-order chi connectivity index (χ0) is 24.7. The van der Waals surface area contributed by atoms with Gasteiger partial charge in [0.05, 0.1) is 12.0 Å². The van der Waals surface area contributed by atoms with E-state index in [1.807, 2.05) is 0 Å². The summed E-state index contributed by atoms with van der Waals surface area (Å²) < 4.78 is 2.59. The average Bonchev–Trinajstić information content (AvgIpc) is 3.33. The molecule has 0 fully saturated rings. The van der Waals surface area contributed by atoms with Gasteiger partial charge < -0.3 is 0 Å². The molecule has 0 aliphatic carbocycles. The third kappa shape index (κ3) is 15.3. The largest absolute Gasteiger partial charge is 0.257 e. The van der Waals surface area contributed by atoms with Crippen molar-refractivity contribution in [1.82, 2.24) is 4.98 Å². The molecule has 2 nitrogen and oxygen atoms in total. The summed E-state index contributed by atoms with van der Waals surface area (Å²) in [7, 11) is 0. The van der Waals surface area contributed by atoms with Crippen molar-refractivity contribution in [1.29, 1.82) is 0 Å². The number of rotatable bonds is 25. The molecule has 34 heavy (non-hydrogen) atoms. The van der Waals surface area contributed by atoms with E-state index in [1.165, 1.54) is 154 Å². The molecular formula is C32H63N2+. The predicted octanol–water partition coefficient (Wildman–Crippen LogP) is 11.0. The quantitative estimate of drug-likeness (QED) is 0.107. The Labute approximate surface area is 215 Å². The lowest BCUT2D eigenvalue weighted by molar-refractivity contribution is -0.727. The van der Waals surface area contributed by atoms with Crippen LogP contribution in [0.1, 0.15) is 193 Å². The molecule has 2 heteroatoms. The molecule has 0 spiro atoms. The molecule has 0 aliphatic heterocycles. The molecule has 0 aliphatic rings. The zero-order valence-corrected chi connectivity index (χ0v) is 24.0. The van der Waals surface area contributed by atoms with Crippen molar-refractivity contribution in [3.63, 3.8) is 0 Å². The minimum Gasteiger partial charge on any atom is -0.247 e. The second-order valence-corrected chi connectivity index (χ2v) is 11.2. The highest BCUT2D eigenvalue weighted by Gasteiger charge is 2.24. The topological polar surface area (TPSA) is 19.7 Å². The Bertz CT molecular complexity index is 535. The van der Waals surface area contributed by atoms with Gasteiger partial charge in [0.2, 0.25) is 0 Å². The Hall–Kier alpha value is -0.790. The number of nitrogens with zero attached hydrogens (tertiary/aromatic N) is 1. The van der Waals surface area contributed by atoms with Crippen LogP contribution in [-0.2, 0) is 0 Å². The first kappa shape index (κ1) is 31.2. The van der Waals surface area contributed by atoms with E-state index in [0.29, 0.717) is 12.0 Å². The fraction of sp³-hybridized carbons (Fsp3) is 0.906. The van der Waals surface area contributed by atoms with E-state index < -0.39 is 0 Å². The van der Waals surface area contributed by atoms with Crippen molar-refractivity contribution in [3.8, 4) is 0 Å². The van der Waals surface area contributed by atoms with Crippen LogP contribution >= 0.6 is 0 Å². The summed E-state index contributed by atoms with van der Waals surface area (Å²) >= 11 is 0. The summed E-state index contributed by atoms with van der Waals surface area (Å²) in [6.07, 6.45) is 36.9. The minimum absolute atomic E-state index is 0.623. The highest BCUT2D eigenvalue weighted by atomic mass is 15.1. The standard InChI is InChI=1S/C32H62N2/c1-5-8-10-12-14-16-18-19-21-23-26-30(4)34-29-28-33-32(34)31(25-7-3)27-24-22-20-17-15-13-11-9-6-2/h28-31H,5-27H2,1-4H3/p+1. The molecule has 0 bridgehead atoms. The van der Waals surface area contributed by atoms with Crippen molar-refractivity contribution in [3.05, 3.63) is 18.2 Å². The number of nitrogens with one attached hydrogen (secondary N) is 1. The van der Waals surface area contributed by atoms with Crippen molar-refractivity contribution in [2.24, 2.45) is 0 Å². The molecule has 1 N–H and O–H groups in total. The third-order valence-electron chi connectivity index (χ3n) is 7.87. The highest BCUT2D eigenvalue weighted by molar-refractivity contribution is 4.90. The van der Waals surface area contributed by atoms with Crippen LogP contribution in [-0.4, -0.2) is 4.98 Å². The Morgan fingerprint density at radius 1 is 0.559 bits per heavy atom. The molecule has 0 saturated heterocycles. The monoisotopic (exact) mass is 475 g/mol. The number of H-pyrrole nitrogens is 1. The fourth-order valence-corrected chi connectivity index (χ4v) is 5.60. The molecule has 1 rings (SSSR count). The van der Waals surface area contributed by atoms with Gasteiger partial charge in [0.25, 0.3) is 5.82 Å². The Kier molecular flexibility index (Phi) is 20.8. The Morgan fingerprint density at radius 2 is 1.00 bits per heavy atom. The van der Waals surface area contributed by atoms with Gasteiger partial charge in [0.1, 0.15) is 12.4 Å².